The molecule has 3 heterocycles. The van der Waals surface area contributed by atoms with Gasteiger partial charge in [-0.15, -0.1) is 0 Å². The van der Waals surface area contributed by atoms with E-state index in [2.05, 4.69) is 21.3 Å². The Hall–Kier alpha value is -5.88. The number of hydrogen-bond acceptors (Lipinski definition) is 10. The van der Waals surface area contributed by atoms with Crippen molar-refractivity contribution in [3.05, 3.63) is 70.8 Å². The molecule has 4 atom stereocenters. The number of nitrogens with one attached hydrogen (secondary N) is 4. The lowest BCUT2D eigenvalue weighted by molar-refractivity contribution is -0.143. The van der Waals surface area contributed by atoms with Crippen molar-refractivity contribution in [1.29, 1.82) is 0 Å². The molecular weight excluding hydrogens is 821 g/mol. The smallest absolute Gasteiger partial charge is 0.243 e. The molecule has 0 spiro atoms. The van der Waals surface area contributed by atoms with Crippen LogP contribution < -0.4 is 32.7 Å². The molecule has 0 radical (unpaired) electrons. The first-order chi connectivity index (χ1) is 30.8. The van der Waals surface area contributed by atoms with Gasteiger partial charge in [-0.1, -0.05) is 48.5 Å². The Morgan fingerprint density at radius 1 is 0.516 bits per heavy atom. The molecule has 18 heteroatoms. The predicted molar refractivity (Wildman–Crippen MR) is 234 cm³/mol. The first kappa shape index (κ1) is 46.1. The molecule has 7 rings (SSSR count). The Morgan fingerprint density at radius 2 is 0.875 bits per heavy atom. The van der Waals surface area contributed by atoms with E-state index in [1.165, 1.54) is 9.80 Å². The monoisotopic (exact) mass is 882 g/mol. The summed E-state index contributed by atoms with van der Waals surface area (Å²) in [4.78, 5) is 113. The number of carbonyl (C=O) groups excluding carboxylic acids is 8. The third kappa shape index (κ3) is 12.6. The van der Waals surface area contributed by atoms with E-state index in [1.807, 2.05) is 48.5 Å². The number of likely N-dealkylation sites (tertiary alicyclic amines) is 2. The highest BCUT2D eigenvalue weighted by Crippen LogP contribution is 2.26. The van der Waals surface area contributed by atoms with Crippen LogP contribution in [0.2, 0.25) is 0 Å². The summed E-state index contributed by atoms with van der Waals surface area (Å²) >= 11 is 0. The van der Waals surface area contributed by atoms with Gasteiger partial charge in [0, 0.05) is 89.1 Å². The van der Waals surface area contributed by atoms with Gasteiger partial charge in [0.1, 0.15) is 12.1 Å². The van der Waals surface area contributed by atoms with Gasteiger partial charge in [0.25, 0.3) is 0 Å². The van der Waals surface area contributed by atoms with Crippen molar-refractivity contribution in [1.82, 2.24) is 40.9 Å². The molecule has 18 nitrogen and oxygen atoms in total. The first-order valence-corrected chi connectivity index (χ1v) is 22.8. The van der Waals surface area contributed by atoms with Crippen LogP contribution in [0.4, 0.5) is 0 Å². The Bertz CT molecular complexity index is 1910. The fourth-order valence-electron chi connectivity index (χ4n) is 8.71. The van der Waals surface area contributed by atoms with Crippen molar-refractivity contribution in [2.75, 3.05) is 39.3 Å². The Kier molecular flexibility index (Phi) is 15.3. The summed E-state index contributed by atoms with van der Waals surface area (Å²) in [5, 5.41) is 11.8. The number of benzene rings is 2. The zero-order valence-electron chi connectivity index (χ0n) is 36.4. The standard InChI is InChI=1S/C46H62N10O8/c47-23-31-5-1-29(2-6-31)9-15-43(61)55-25-35(21-37(55)45(63)51-33-11-12-33)49-39(57)27-53-19-17-42(60)54(20-18-41(53)59)28-40(58)50-36-22-38(46(64)52-34-13-14-34)56(26-36)44(62)16-10-30-3-7-32(24-48)8-4-30/h1-8,33-38H,9-28,47-48H2,(H,49,57)(H,50,58)(H,51,63)(H,52,64). The quantitative estimate of drug-likeness (QED) is 0.110. The van der Waals surface area contributed by atoms with Gasteiger partial charge in [0.15, 0.2) is 0 Å². The molecule has 3 aliphatic heterocycles. The largest absolute Gasteiger partial charge is 0.352 e. The molecule has 5 aliphatic rings. The highest BCUT2D eigenvalue weighted by atomic mass is 16.2. The summed E-state index contributed by atoms with van der Waals surface area (Å²) < 4.78 is 0. The summed E-state index contributed by atoms with van der Waals surface area (Å²) in [6.45, 7) is 0.467. The minimum atomic E-state index is -0.735. The zero-order chi connectivity index (χ0) is 45.3. The summed E-state index contributed by atoms with van der Waals surface area (Å²) in [5.74, 6) is -2.51. The van der Waals surface area contributed by atoms with Crippen molar-refractivity contribution < 1.29 is 38.4 Å². The molecule has 8 amide bonds. The number of amides is 8. The van der Waals surface area contributed by atoms with E-state index < -0.39 is 36.0 Å². The van der Waals surface area contributed by atoms with E-state index in [4.69, 9.17) is 11.5 Å². The number of nitrogens with zero attached hydrogens (tertiary/aromatic N) is 4. The van der Waals surface area contributed by atoms with Gasteiger partial charge in [-0.2, -0.15) is 0 Å². The van der Waals surface area contributed by atoms with Crippen LogP contribution in [0.15, 0.2) is 48.5 Å². The van der Waals surface area contributed by atoms with E-state index in [-0.39, 0.29) is 125 Å². The first-order valence-electron chi connectivity index (χ1n) is 22.8. The molecule has 0 bridgehead atoms. The Morgan fingerprint density at radius 3 is 1.22 bits per heavy atom. The fourth-order valence-corrected chi connectivity index (χ4v) is 8.71. The van der Waals surface area contributed by atoms with Crippen molar-refractivity contribution in [3.63, 3.8) is 0 Å². The van der Waals surface area contributed by atoms with Crippen molar-refractivity contribution in [2.24, 2.45) is 11.5 Å². The Labute approximate surface area is 373 Å². The molecule has 344 valence electrons. The van der Waals surface area contributed by atoms with Gasteiger partial charge in [0.2, 0.25) is 47.3 Å². The van der Waals surface area contributed by atoms with Crippen LogP contribution >= 0.6 is 0 Å². The van der Waals surface area contributed by atoms with Crippen LogP contribution in [0.5, 0.6) is 0 Å². The van der Waals surface area contributed by atoms with Crippen LogP contribution in [0.25, 0.3) is 0 Å². The second-order valence-electron chi connectivity index (χ2n) is 17.9. The lowest BCUT2D eigenvalue weighted by atomic mass is 10.1. The van der Waals surface area contributed by atoms with Gasteiger partial charge in [-0.05, 0) is 73.6 Å². The number of rotatable bonds is 18. The molecular formula is C46H62N10O8. The molecule has 64 heavy (non-hydrogen) atoms. The van der Waals surface area contributed by atoms with Crippen molar-refractivity contribution >= 4 is 47.3 Å². The molecule has 5 fully saturated rings. The van der Waals surface area contributed by atoms with E-state index in [0.717, 1.165) is 47.9 Å². The van der Waals surface area contributed by atoms with Crippen molar-refractivity contribution in [3.8, 4) is 0 Å². The highest BCUT2D eigenvalue weighted by Gasteiger charge is 2.43. The minimum Gasteiger partial charge on any atom is -0.352 e. The third-order valence-electron chi connectivity index (χ3n) is 12.8. The average Bonchev–Trinajstić information content (AvgIpc) is 4.21. The summed E-state index contributed by atoms with van der Waals surface area (Å²) in [7, 11) is 0. The van der Waals surface area contributed by atoms with Gasteiger partial charge in [-0.25, -0.2) is 0 Å². The summed E-state index contributed by atoms with van der Waals surface area (Å²) in [5.41, 5.74) is 15.3. The van der Waals surface area contributed by atoms with E-state index in [0.29, 0.717) is 25.9 Å². The maximum absolute atomic E-state index is 13.5. The van der Waals surface area contributed by atoms with Crippen LogP contribution in [0.1, 0.15) is 86.5 Å². The molecule has 8 N–H and O–H groups in total. The minimum absolute atomic E-state index is 0.0359. The third-order valence-corrected chi connectivity index (χ3v) is 12.8. The Balaban J connectivity index is 0.874. The van der Waals surface area contributed by atoms with Crippen LogP contribution in [0.3, 0.4) is 0 Å². The van der Waals surface area contributed by atoms with E-state index in [9.17, 15) is 38.4 Å². The average molecular weight is 883 g/mol. The molecule has 2 aromatic rings. The maximum Gasteiger partial charge on any atom is 0.243 e. The van der Waals surface area contributed by atoms with Crippen LogP contribution in [0, 0.1) is 0 Å². The number of aryl methyl sites for hydroxylation is 2. The molecule has 3 saturated heterocycles. The van der Waals surface area contributed by atoms with Gasteiger partial charge in [-0.3, -0.25) is 38.4 Å². The molecule has 4 unspecified atom stereocenters. The van der Waals surface area contributed by atoms with Crippen LogP contribution in [-0.2, 0) is 64.3 Å². The second kappa shape index (κ2) is 21.2. The van der Waals surface area contributed by atoms with Gasteiger partial charge >= 0.3 is 0 Å². The van der Waals surface area contributed by atoms with E-state index in [1.54, 1.807) is 9.80 Å². The molecule has 2 saturated carbocycles. The summed E-state index contributed by atoms with van der Waals surface area (Å²) in [6, 6.07) is 13.1. The fraction of sp³-hybridized carbons (Fsp3) is 0.565. The number of nitrogens with two attached hydrogens (primary N) is 2. The number of hydrogen-bond donors (Lipinski definition) is 6. The normalized spacial score (nSPS) is 22.5. The highest BCUT2D eigenvalue weighted by molar-refractivity contribution is 5.92. The number of carbonyl (C=O) groups is 8. The zero-order valence-corrected chi connectivity index (χ0v) is 36.4. The second-order valence-corrected chi connectivity index (χ2v) is 17.9. The molecule has 2 aliphatic carbocycles. The topological polar surface area (TPSA) is 250 Å². The summed E-state index contributed by atoms with van der Waals surface area (Å²) in [6.07, 6.45) is 5.17. The van der Waals surface area contributed by atoms with E-state index >= 15 is 0 Å². The predicted octanol–water partition coefficient (Wildman–Crippen LogP) is -0.651. The van der Waals surface area contributed by atoms with Gasteiger partial charge < -0.3 is 52.3 Å². The lowest BCUT2D eigenvalue weighted by Gasteiger charge is -2.30. The maximum atomic E-state index is 13.5. The lowest BCUT2D eigenvalue weighted by Crippen LogP contribution is -2.50. The van der Waals surface area contributed by atoms with Crippen molar-refractivity contribution in [2.45, 2.75) is 126 Å². The molecule has 0 aromatic heterocycles. The van der Waals surface area contributed by atoms with Gasteiger partial charge in [0.05, 0.1) is 13.1 Å². The SMILES string of the molecule is NCc1ccc(CCC(=O)N2CC(NC(=O)CN3CCC(=O)N(CC(=O)NC4CC(C(=O)NC5CC5)N(C(=O)CCc5ccc(CN)cc5)C4)CCC3=O)CC2C(=O)NC2CC2)cc1. The molecule has 2 aromatic carbocycles. The van der Waals surface area contributed by atoms with Crippen LogP contribution in [-0.4, -0.2) is 142 Å².